The van der Waals surface area contributed by atoms with Gasteiger partial charge in [-0.2, -0.15) is 5.10 Å². The summed E-state index contributed by atoms with van der Waals surface area (Å²) in [6, 6.07) is 7.55. The first kappa shape index (κ1) is 17.6. The molecule has 3 heterocycles. The highest BCUT2D eigenvalue weighted by Gasteiger charge is 2.22. The van der Waals surface area contributed by atoms with Crippen molar-refractivity contribution in [3.05, 3.63) is 65.5 Å². The Hall–Kier alpha value is -2.84. The first-order chi connectivity index (χ1) is 13.1. The third-order valence-corrected chi connectivity index (χ3v) is 5.58. The van der Waals surface area contributed by atoms with Gasteiger partial charge < -0.3 is 0 Å². The van der Waals surface area contributed by atoms with Crippen LogP contribution in [0.25, 0.3) is 10.2 Å². The summed E-state index contributed by atoms with van der Waals surface area (Å²) in [6.07, 6.45) is 6.35. The van der Waals surface area contributed by atoms with E-state index in [1.807, 2.05) is 31.2 Å². The zero-order valence-electron chi connectivity index (χ0n) is 14.4. The van der Waals surface area contributed by atoms with Crippen molar-refractivity contribution in [2.45, 2.75) is 20.0 Å². The third-order valence-electron chi connectivity index (χ3n) is 4.05. The Morgan fingerprint density at radius 1 is 1.30 bits per heavy atom. The topological polar surface area (TPSA) is 76.8 Å². The molecule has 0 spiro atoms. The minimum Gasteiger partial charge on any atom is -0.282 e. The summed E-state index contributed by atoms with van der Waals surface area (Å²) in [6.45, 7) is 2.41. The Morgan fingerprint density at radius 2 is 2.19 bits per heavy atom. The first-order valence-electron chi connectivity index (χ1n) is 8.19. The van der Waals surface area contributed by atoms with Gasteiger partial charge in [-0.1, -0.05) is 35.1 Å². The number of aromatic nitrogens is 5. The van der Waals surface area contributed by atoms with Crippen molar-refractivity contribution in [3.63, 3.8) is 0 Å². The third kappa shape index (κ3) is 3.67. The molecular formula is C18H15ClN6OS. The van der Waals surface area contributed by atoms with Gasteiger partial charge in [0.05, 0.1) is 21.8 Å². The van der Waals surface area contributed by atoms with E-state index in [-0.39, 0.29) is 12.5 Å². The number of hydrogen-bond donors (Lipinski definition) is 0. The molecule has 0 atom stereocenters. The normalized spacial score (nSPS) is 11.0. The van der Waals surface area contributed by atoms with Crippen molar-refractivity contribution in [3.8, 4) is 0 Å². The number of aryl methyl sites for hydroxylation is 1. The maximum absolute atomic E-state index is 13.0. The van der Waals surface area contributed by atoms with Gasteiger partial charge in [0.2, 0.25) is 0 Å². The predicted molar refractivity (Wildman–Crippen MR) is 105 cm³/mol. The summed E-state index contributed by atoms with van der Waals surface area (Å²) in [5.41, 5.74) is 2.74. The summed E-state index contributed by atoms with van der Waals surface area (Å²) in [7, 11) is 0. The molecule has 136 valence electrons. The van der Waals surface area contributed by atoms with Crippen LogP contribution in [0.1, 0.15) is 11.1 Å². The van der Waals surface area contributed by atoms with Gasteiger partial charge in [-0.3, -0.25) is 14.7 Å². The van der Waals surface area contributed by atoms with Crippen LogP contribution in [-0.2, 0) is 17.9 Å². The number of nitrogens with zero attached hydrogens (tertiary/aromatic N) is 6. The van der Waals surface area contributed by atoms with Gasteiger partial charge in [0.15, 0.2) is 5.13 Å². The van der Waals surface area contributed by atoms with Crippen LogP contribution in [0, 0.1) is 6.92 Å². The summed E-state index contributed by atoms with van der Waals surface area (Å²) < 4.78 is 2.36. The number of pyridine rings is 1. The fraction of sp³-hybridized carbons (Fsp3) is 0.167. The molecule has 7 nitrogen and oxygen atoms in total. The minimum atomic E-state index is -0.141. The number of carbonyl (C=O) groups excluding carboxylic acids is 1. The van der Waals surface area contributed by atoms with Gasteiger partial charge in [-0.25, -0.2) is 14.6 Å². The van der Waals surface area contributed by atoms with Crippen molar-refractivity contribution >= 4 is 44.2 Å². The molecule has 1 aromatic carbocycles. The number of anilines is 1. The lowest BCUT2D eigenvalue weighted by Crippen LogP contribution is -2.33. The number of rotatable bonds is 5. The van der Waals surface area contributed by atoms with Crippen LogP contribution in [0.15, 0.2) is 49.3 Å². The van der Waals surface area contributed by atoms with Gasteiger partial charge in [-0.05, 0) is 30.2 Å². The molecule has 0 fully saturated rings. The second-order valence-corrected chi connectivity index (χ2v) is 7.36. The molecule has 0 bridgehead atoms. The van der Waals surface area contributed by atoms with Gasteiger partial charge in [0.25, 0.3) is 5.91 Å². The number of thiazole rings is 1. The number of fused-ring (bicyclic) bond motifs is 1. The second kappa shape index (κ2) is 7.42. The van der Waals surface area contributed by atoms with Crippen molar-refractivity contribution < 1.29 is 4.79 Å². The second-order valence-electron chi connectivity index (χ2n) is 5.97. The lowest BCUT2D eigenvalue weighted by atomic mass is 10.2. The highest BCUT2D eigenvalue weighted by Crippen LogP contribution is 2.36. The van der Waals surface area contributed by atoms with Gasteiger partial charge in [0, 0.05) is 12.4 Å². The van der Waals surface area contributed by atoms with E-state index in [4.69, 9.17) is 16.6 Å². The molecule has 0 radical (unpaired) electrons. The molecule has 0 N–H and O–H groups in total. The molecule has 4 rings (SSSR count). The zero-order chi connectivity index (χ0) is 18.8. The van der Waals surface area contributed by atoms with E-state index in [9.17, 15) is 4.79 Å². The smallest absolute Gasteiger partial charge is 0.250 e. The maximum Gasteiger partial charge on any atom is 0.250 e. The minimum absolute atomic E-state index is 0.0723. The Morgan fingerprint density at radius 3 is 2.89 bits per heavy atom. The first-order valence-corrected chi connectivity index (χ1v) is 9.38. The molecule has 0 saturated carbocycles. The molecule has 0 aliphatic rings. The van der Waals surface area contributed by atoms with Gasteiger partial charge in [0.1, 0.15) is 19.2 Å². The standard InChI is InChI=1S/C18H15ClN6OS/c1-12-4-5-14(19)17-16(12)23-18(27-17)25(8-13-3-2-6-20-7-13)15(26)9-24-11-21-10-22-24/h2-7,10-11H,8-9H2,1H3. The SMILES string of the molecule is Cc1ccc(Cl)c2sc(N(Cc3cccnc3)C(=O)Cn3cncn3)nc12. The number of benzene rings is 1. The number of halogens is 1. The maximum atomic E-state index is 13.0. The molecule has 0 saturated heterocycles. The van der Waals surface area contributed by atoms with Crippen LogP contribution in [0.5, 0.6) is 0 Å². The van der Waals surface area contributed by atoms with E-state index in [2.05, 4.69) is 15.1 Å². The molecule has 27 heavy (non-hydrogen) atoms. The molecule has 1 amide bonds. The van der Waals surface area contributed by atoms with E-state index >= 15 is 0 Å². The lowest BCUT2D eigenvalue weighted by molar-refractivity contribution is -0.119. The molecule has 4 aromatic rings. The summed E-state index contributed by atoms with van der Waals surface area (Å²) in [5.74, 6) is -0.141. The molecule has 9 heteroatoms. The molecule has 0 aliphatic carbocycles. The highest BCUT2D eigenvalue weighted by molar-refractivity contribution is 7.23. The average molecular weight is 399 g/mol. The van der Waals surface area contributed by atoms with E-state index in [1.165, 1.54) is 28.7 Å². The Balaban J connectivity index is 1.74. The van der Waals surface area contributed by atoms with Crippen LogP contribution < -0.4 is 4.90 Å². The Kier molecular flexibility index (Phi) is 4.83. The van der Waals surface area contributed by atoms with Crippen LogP contribution in [0.2, 0.25) is 5.02 Å². The molecule has 0 aliphatic heterocycles. The van der Waals surface area contributed by atoms with Gasteiger partial charge in [-0.15, -0.1) is 0 Å². The fourth-order valence-electron chi connectivity index (χ4n) is 2.68. The van der Waals surface area contributed by atoms with E-state index in [0.717, 1.165) is 21.3 Å². The van der Waals surface area contributed by atoms with E-state index in [0.29, 0.717) is 16.7 Å². The van der Waals surface area contributed by atoms with Crippen molar-refractivity contribution in [2.75, 3.05) is 4.90 Å². The highest BCUT2D eigenvalue weighted by atomic mass is 35.5. The summed E-state index contributed by atoms with van der Waals surface area (Å²) in [5, 5.41) is 5.24. The van der Waals surface area contributed by atoms with Gasteiger partial charge >= 0.3 is 0 Å². The zero-order valence-corrected chi connectivity index (χ0v) is 16.0. The Bertz CT molecular complexity index is 1040. The van der Waals surface area contributed by atoms with Crippen LogP contribution in [-0.4, -0.2) is 30.6 Å². The summed E-state index contributed by atoms with van der Waals surface area (Å²) >= 11 is 7.74. The molecule has 0 unspecified atom stereocenters. The average Bonchev–Trinajstić information content (AvgIpc) is 3.34. The quantitative estimate of drug-likeness (QED) is 0.514. The molecular weight excluding hydrogens is 384 g/mol. The largest absolute Gasteiger partial charge is 0.282 e. The molecule has 3 aromatic heterocycles. The Labute approximate surface area is 164 Å². The number of amides is 1. The predicted octanol–water partition coefficient (Wildman–Crippen LogP) is 3.48. The van der Waals surface area contributed by atoms with Crippen molar-refractivity contribution in [1.29, 1.82) is 0 Å². The van der Waals surface area contributed by atoms with E-state index < -0.39 is 0 Å². The number of hydrogen-bond acceptors (Lipinski definition) is 6. The van der Waals surface area contributed by atoms with Crippen LogP contribution in [0.3, 0.4) is 0 Å². The van der Waals surface area contributed by atoms with Crippen LogP contribution in [0.4, 0.5) is 5.13 Å². The van der Waals surface area contributed by atoms with Crippen LogP contribution >= 0.6 is 22.9 Å². The van der Waals surface area contributed by atoms with Crippen molar-refractivity contribution in [2.24, 2.45) is 0 Å². The monoisotopic (exact) mass is 398 g/mol. The fourth-order valence-corrected chi connectivity index (χ4v) is 4.01. The summed E-state index contributed by atoms with van der Waals surface area (Å²) in [4.78, 5) is 27.4. The van der Waals surface area contributed by atoms with Crippen molar-refractivity contribution in [1.82, 2.24) is 24.7 Å². The lowest BCUT2D eigenvalue weighted by Gasteiger charge is -2.19. The van der Waals surface area contributed by atoms with E-state index in [1.54, 1.807) is 17.3 Å². The number of carbonyl (C=O) groups is 1.